The molecular weight excluding hydrogens is 333 g/mol. The number of H-pyrrole nitrogens is 1. The Labute approximate surface area is 150 Å². The zero-order valence-electron chi connectivity index (χ0n) is 14.2. The molecule has 0 saturated heterocycles. The van der Waals surface area contributed by atoms with Crippen LogP contribution in [0.1, 0.15) is 16.8 Å². The maximum absolute atomic E-state index is 13.2. The van der Waals surface area contributed by atoms with Crippen LogP contribution in [0.2, 0.25) is 0 Å². The second-order valence-electron chi connectivity index (χ2n) is 6.24. The van der Waals surface area contributed by atoms with E-state index in [0.29, 0.717) is 6.54 Å². The minimum atomic E-state index is -0.263. The topological polar surface area (TPSA) is 105 Å². The largest absolute Gasteiger partial charge is 0.368 e. The molecule has 0 fully saturated rings. The molecular formula is C18H20FN7. The van der Waals surface area contributed by atoms with Crippen molar-refractivity contribution in [3.8, 4) is 11.3 Å². The predicted octanol–water partition coefficient (Wildman–Crippen LogP) is 1.89. The predicted molar refractivity (Wildman–Crippen MR) is 98.0 cm³/mol. The van der Waals surface area contributed by atoms with Gasteiger partial charge in [-0.2, -0.15) is 10.1 Å². The SMILES string of the molecule is Nc1nc2c(c(NCc3cn[nH]c3-c3ccc(F)cc3)n1)CCNCC2. The molecule has 0 saturated carbocycles. The summed E-state index contributed by atoms with van der Waals surface area (Å²) in [6.45, 7) is 2.31. The van der Waals surface area contributed by atoms with Crippen LogP contribution in [0.5, 0.6) is 0 Å². The number of aromatic nitrogens is 4. The smallest absolute Gasteiger partial charge is 0.222 e. The van der Waals surface area contributed by atoms with E-state index < -0.39 is 0 Å². The van der Waals surface area contributed by atoms with Gasteiger partial charge in [0.25, 0.3) is 0 Å². The van der Waals surface area contributed by atoms with E-state index in [1.54, 1.807) is 18.3 Å². The summed E-state index contributed by atoms with van der Waals surface area (Å²) in [6, 6.07) is 6.33. The van der Waals surface area contributed by atoms with E-state index in [1.165, 1.54) is 12.1 Å². The molecule has 8 heteroatoms. The van der Waals surface area contributed by atoms with E-state index >= 15 is 0 Å². The highest BCUT2D eigenvalue weighted by molar-refractivity contribution is 5.63. The first-order chi connectivity index (χ1) is 12.7. The highest BCUT2D eigenvalue weighted by atomic mass is 19.1. The standard InChI is InChI=1S/C18H20FN7/c19-13-3-1-11(2-4-13)16-12(10-23-26-16)9-22-17-14-5-7-21-8-6-15(14)24-18(20)25-17/h1-4,10,21H,5-9H2,(H,23,26)(H3,20,22,24,25). The fraction of sp³-hybridized carbons (Fsp3) is 0.278. The number of rotatable bonds is 4. The van der Waals surface area contributed by atoms with Gasteiger partial charge in [0, 0.05) is 36.2 Å². The Balaban J connectivity index is 1.58. The van der Waals surface area contributed by atoms with Gasteiger partial charge in [-0.1, -0.05) is 0 Å². The van der Waals surface area contributed by atoms with Gasteiger partial charge >= 0.3 is 0 Å². The number of nitrogens with zero attached hydrogens (tertiary/aromatic N) is 3. The fourth-order valence-electron chi connectivity index (χ4n) is 3.20. The van der Waals surface area contributed by atoms with Crippen LogP contribution < -0.4 is 16.4 Å². The van der Waals surface area contributed by atoms with Crippen LogP contribution in [0.25, 0.3) is 11.3 Å². The Morgan fingerprint density at radius 2 is 1.92 bits per heavy atom. The van der Waals surface area contributed by atoms with Crippen molar-refractivity contribution < 1.29 is 4.39 Å². The number of hydrogen-bond donors (Lipinski definition) is 4. The third-order valence-electron chi connectivity index (χ3n) is 4.50. The van der Waals surface area contributed by atoms with Crippen molar-refractivity contribution in [1.29, 1.82) is 0 Å². The van der Waals surface area contributed by atoms with Crippen molar-refractivity contribution in [1.82, 2.24) is 25.5 Å². The monoisotopic (exact) mass is 353 g/mol. The molecule has 134 valence electrons. The van der Waals surface area contributed by atoms with Gasteiger partial charge in [0.15, 0.2) is 0 Å². The molecule has 1 aromatic carbocycles. The molecule has 0 radical (unpaired) electrons. The van der Waals surface area contributed by atoms with Crippen molar-refractivity contribution >= 4 is 11.8 Å². The number of nitrogens with one attached hydrogen (secondary N) is 3. The second kappa shape index (κ2) is 7.09. The van der Waals surface area contributed by atoms with E-state index in [2.05, 4.69) is 30.8 Å². The van der Waals surface area contributed by atoms with E-state index in [-0.39, 0.29) is 11.8 Å². The molecule has 1 aliphatic heterocycles. The number of halogens is 1. The van der Waals surface area contributed by atoms with Crippen molar-refractivity contribution in [2.45, 2.75) is 19.4 Å². The lowest BCUT2D eigenvalue weighted by Gasteiger charge is -2.13. The summed E-state index contributed by atoms with van der Waals surface area (Å²) < 4.78 is 13.2. The number of nitrogen functional groups attached to an aromatic ring is 1. The molecule has 3 heterocycles. The Kier molecular flexibility index (Phi) is 4.49. The number of benzene rings is 1. The highest BCUT2D eigenvalue weighted by Crippen LogP contribution is 2.24. The first-order valence-corrected chi connectivity index (χ1v) is 8.59. The molecule has 5 N–H and O–H groups in total. The zero-order valence-corrected chi connectivity index (χ0v) is 14.2. The summed E-state index contributed by atoms with van der Waals surface area (Å²) in [4.78, 5) is 8.77. The maximum atomic E-state index is 13.2. The third kappa shape index (κ3) is 3.36. The Hall–Kier alpha value is -3.00. The van der Waals surface area contributed by atoms with E-state index in [4.69, 9.17) is 5.73 Å². The van der Waals surface area contributed by atoms with E-state index in [9.17, 15) is 4.39 Å². The van der Waals surface area contributed by atoms with Crippen molar-refractivity contribution in [3.05, 3.63) is 53.1 Å². The summed E-state index contributed by atoms with van der Waals surface area (Å²) in [6.07, 6.45) is 3.45. The number of anilines is 2. The molecule has 4 rings (SSSR count). The normalized spacial score (nSPS) is 13.9. The molecule has 0 amide bonds. The van der Waals surface area contributed by atoms with Crippen LogP contribution in [-0.4, -0.2) is 33.3 Å². The molecule has 3 aromatic rings. The van der Waals surface area contributed by atoms with Crippen molar-refractivity contribution in [2.75, 3.05) is 24.1 Å². The minimum Gasteiger partial charge on any atom is -0.368 e. The summed E-state index contributed by atoms with van der Waals surface area (Å²) in [5, 5.41) is 13.8. The summed E-state index contributed by atoms with van der Waals surface area (Å²) in [5.74, 6) is 0.780. The van der Waals surface area contributed by atoms with Gasteiger partial charge < -0.3 is 16.4 Å². The van der Waals surface area contributed by atoms with Crippen LogP contribution in [0.3, 0.4) is 0 Å². The molecule has 0 bridgehead atoms. The zero-order chi connectivity index (χ0) is 17.9. The Morgan fingerprint density at radius 3 is 2.77 bits per heavy atom. The fourth-order valence-corrected chi connectivity index (χ4v) is 3.20. The lowest BCUT2D eigenvalue weighted by molar-refractivity contribution is 0.628. The average molecular weight is 353 g/mol. The van der Waals surface area contributed by atoms with Gasteiger partial charge in [0.2, 0.25) is 5.95 Å². The third-order valence-corrected chi connectivity index (χ3v) is 4.50. The quantitative estimate of drug-likeness (QED) is 0.571. The van der Waals surface area contributed by atoms with Crippen LogP contribution >= 0.6 is 0 Å². The Morgan fingerprint density at radius 1 is 1.12 bits per heavy atom. The number of nitrogens with two attached hydrogens (primary N) is 1. The average Bonchev–Trinajstić information content (AvgIpc) is 2.97. The van der Waals surface area contributed by atoms with Gasteiger partial charge in [-0.05, 0) is 37.2 Å². The summed E-state index contributed by atoms with van der Waals surface area (Å²) in [7, 11) is 0. The van der Waals surface area contributed by atoms with Crippen LogP contribution in [0.15, 0.2) is 30.5 Å². The van der Waals surface area contributed by atoms with Gasteiger partial charge in [-0.3, -0.25) is 5.10 Å². The number of aromatic amines is 1. The van der Waals surface area contributed by atoms with E-state index in [1.807, 2.05) is 0 Å². The molecule has 0 unspecified atom stereocenters. The van der Waals surface area contributed by atoms with Crippen LogP contribution in [-0.2, 0) is 19.4 Å². The summed E-state index contributed by atoms with van der Waals surface area (Å²) in [5.41, 5.74) is 10.7. The molecule has 0 aliphatic carbocycles. The first kappa shape index (κ1) is 16.5. The molecule has 7 nitrogen and oxygen atoms in total. The van der Waals surface area contributed by atoms with Crippen molar-refractivity contribution in [2.24, 2.45) is 0 Å². The van der Waals surface area contributed by atoms with Crippen molar-refractivity contribution in [3.63, 3.8) is 0 Å². The maximum Gasteiger partial charge on any atom is 0.222 e. The molecule has 2 aromatic heterocycles. The first-order valence-electron chi connectivity index (χ1n) is 8.59. The molecule has 26 heavy (non-hydrogen) atoms. The van der Waals surface area contributed by atoms with E-state index in [0.717, 1.165) is 59.8 Å². The van der Waals surface area contributed by atoms with Crippen LogP contribution in [0, 0.1) is 5.82 Å². The van der Waals surface area contributed by atoms with Gasteiger partial charge in [0.05, 0.1) is 17.6 Å². The molecule has 0 atom stereocenters. The lowest BCUT2D eigenvalue weighted by atomic mass is 10.1. The van der Waals surface area contributed by atoms with Gasteiger partial charge in [-0.25, -0.2) is 9.37 Å². The Bertz CT molecular complexity index is 904. The van der Waals surface area contributed by atoms with Gasteiger partial charge in [-0.15, -0.1) is 0 Å². The summed E-state index contributed by atoms with van der Waals surface area (Å²) >= 11 is 0. The molecule has 0 spiro atoms. The minimum absolute atomic E-state index is 0.263. The molecule has 1 aliphatic rings. The highest BCUT2D eigenvalue weighted by Gasteiger charge is 2.16. The number of hydrogen-bond acceptors (Lipinski definition) is 6. The second-order valence-corrected chi connectivity index (χ2v) is 6.24. The number of fused-ring (bicyclic) bond motifs is 1. The lowest BCUT2D eigenvalue weighted by Crippen LogP contribution is -2.16. The van der Waals surface area contributed by atoms with Gasteiger partial charge in [0.1, 0.15) is 11.6 Å². The van der Waals surface area contributed by atoms with Crippen LogP contribution in [0.4, 0.5) is 16.2 Å².